The number of halogens is 1. The third-order valence-electron chi connectivity index (χ3n) is 5.34. The van der Waals surface area contributed by atoms with Crippen molar-refractivity contribution in [2.45, 2.75) is 46.1 Å². The van der Waals surface area contributed by atoms with Gasteiger partial charge in [-0.2, -0.15) is 0 Å². The lowest BCUT2D eigenvalue weighted by atomic mass is 9.64. The van der Waals surface area contributed by atoms with E-state index in [-0.39, 0.29) is 24.0 Å². The molecule has 0 aromatic heterocycles. The van der Waals surface area contributed by atoms with Gasteiger partial charge in [-0.3, -0.25) is 4.99 Å². The number of guanidine groups is 1. The topological polar surface area (TPSA) is 64.1 Å². The van der Waals surface area contributed by atoms with Crippen molar-refractivity contribution in [2.24, 2.45) is 16.3 Å². The van der Waals surface area contributed by atoms with Crippen molar-refractivity contribution in [2.75, 3.05) is 34.9 Å². The van der Waals surface area contributed by atoms with E-state index in [1.807, 2.05) is 12.1 Å². The van der Waals surface area contributed by atoms with Gasteiger partial charge in [0.1, 0.15) is 0 Å². The molecule has 1 aliphatic rings. The SMILES string of the molecule is CN=C(NCc1ccc(OC)c(OC)c1OC)NCC1(CC(C)C)CCC1.I. The predicted octanol–water partition coefficient (Wildman–Crippen LogP) is 4.21. The second-order valence-electron chi connectivity index (χ2n) is 7.72. The minimum Gasteiger partial charge on any atom is -0.493 e. The van der Waals surface area contributed by atoms with Gasteiger partial charge >= 0.3 is 0 Å². The molecule has 1 aliphatic carbocycles. The van der Waals surface area contributed by atoms with Crippen molar-refractivity contribution in [1.29, 1.82) is 0 Å². The van der Waals surface area contributed by atoms with E-state index in [1.165, 1.54) is 25.7 Å². The molecule has 0 atom stereocenters. The van der Waals surface area contributed by atoms with Crippen LogP contribution in [0.15, 0.2) is 17.1 Å². The maximum atomic E-state index is 5.56. The summed E-state index contributed by atoms with van der Waals surface area (Å²) in [6.07, 6.45) is 5.21. The maximum absolute atomic E-state index is 5.56. The van der Waals surface area contributed by atoms with Crippen LogP contribution < -0.4 is 24.8 Å². The Morgan fingerprint density at radius 1 is 1.07 bits per heavy atom. The quantitative estimate of drug-likeness (QED) is 0.299. The number of benzene rings is 1. The summed E-state index contributed by atoms with van der Waals surface area (Å²) in [5, 5.41) is 6.90. The molecule has 0 aliphatic heterocycles. The number of ether oxygens (including phenoxy) is 3. The fourth-order valence-electron chi connectivity index (χ4n) is 3.97. The monoisotopic (exact) mass is 505 g/mol. The summed E-state index contributed by atoms with van der Waals surface area (Å²) in [5.74, 6) is 3.46. The number of nitrogens with one attached hydrogen (secondary N) is 2. The first-order valence-corrected chi connectivity index (χ1v) is 9.71. The minimum atomic E-state index is 0. The van der Waals surface area contributed by atoms with Crippen molar-refractivity contribution in [3.05, 3.63) is 17.7 Å². The molecule has 0 heterocycles. The Bertz CT molecular complexity index is 646. The van der Waals surface area contributed by atoms with E-state index in [1.54, 1.807) is 28.4 Å². The summed E-state index contributed by atoms with van der Waals surface area (Å²) >= 11 is 0. The van der Waals surface area contributed by atoms with Crippen LogP contribution in [0, 0.1) is 11.3 Å². The maximum Gasteiger partial charge on any atom is 0.203 e. The summed E-state index contributed by atoms with van der Waals surface area (Å²) in [5.41, 5.74) is 1.41. The van der Waals surface area contributed by atoms with E-state index in [4.69, 9.17) is 14.2 Å². The standard InChI is InChI=1S/C21H35N3O3.HI/c1-15(2)12-21(10-7-11-21)14-24-20(22-3)23-13-16-8-9-17(25-4)19(27-6)18(16)26-5;/h8-9,15H,7,10-14H2,1-6H3,(H2,22,23,24);1H. The minimum absolute atomic E-state index is 0. The Labute approximate surface area is 186 Å². The molecule has 1 aromatic rings. The molecule has 2 N–H and O–H groups in total. The molecule has 0 bridgehead atoms. The average Bonchev–Trinajstić information content (AvgIpc) is 2.64. The van der Waals surface area contributed by atoms with E-state index < -0.39 is 0 Å². The van der Waals surface area contributed by atoms with Gasteiger partial charge in [-0.1, -0.05) is 20.3 Å². The molecule has 1 fully saturated rings. The van der Waals surface area contributed by atoms with Crippen LogP contribution in [-0.4, -0.2) is 40.9 Å². The zero-order valence-corrected chi connectivity index (χ0v) is 20.4. The van der Waals surface area contributed by atoms with E-state index >= 15 is 0 Å². The highest BCUT2D eigenvalue weighted by Gasteiger charge is 2.37. The fraction of sp³-hybridized carbons (Fsp3) is 0.667. The molecule has 2 rings (SSSR count). The van der Waals surface area contributed by atoms with Crippen LogP contribution in [-0.2, 0) is 6.54 Å². The molecule has 0 amide bonds. The molecule has 0 radical (unpaired) electrons. The highest BCUT2D eigenvalue weighted by Crippen LogP contribution is 2.45. The molecule has 1 aromatic carbocycles. The van der Waals surface area contributed by atoms with Crippen molar-refractivity contribution in [3.8, 4) is 17.2 Å². The van der Waals surface area contributed by atoms with Crippen LogP contribution in [0.2, 0.25) is 0 Å². The first-order valence-electron chi connectivity index (χ1n) is 9.71. The zero-order chi connectivity index (χ0) is 19.9. The number of methoxy groups -OCH3 is 3. The Balaban J connectivity index is 0.00000392. The zero-order valence-electron chi connectivity index (χ0n) is 18.1. The average molecular weight is 505 g/mol. The second kappa shape index (κ2) is 11.6. The molecular formula is C21H36IN3O3. The van der Waals surface area contributed by atoms with Crippen LogP contribution in [0.4, 0.5) is 0 Å². The summed E-state index contributed by atoms with van der Waals surface area (Å²) in [7, 11) is 6.68. The van der Waals surface area contributed by atoms with Crippen LogP contribution in [0.25, 0.3) is 0 Å². The normalized spacial score (nSPS) is 15.3. The van der Waals surface area contributed by atoms with Gasteiger partial charge in [0, 0.05) is 25.7 Å². The van der Waals surface area contributed by atoms with Gasteiger partial charge in [0.15, 0.2) is 17.5 Å². The van der Waals surface area contributed by atoms with Gasteiger partial charge in [-0.05, 0) is 42.7 Å². The Morgan fingerprint density at radius 3 is 2.21 bits per heavy atom. The van der Waals surface area contributed by atoms with Crippen LogP contribution in [0.3, 0.4) is 0 Å². The summed E-state index contributed by atoms with van der Waals surface area (Å²) in [6.45, 7) is 6.15. The summed E-state index contributed by atoms with van der Waals surface area (Å²) in [6, 6.07) is 3.87. The number of hydrogen-bond donors (Lipinski definition) is 2. The van der Waals surface area contributed by atoms with E-state index in [0.717, 1.165) is 24.0 Å². The molecule has 6 nitrogen and oxygen atoms in total. The first-order chi connectivity index (χ1) is 13.0. The molecule has 0 saturated heterocycles. The lowest BCUT2D eigenvalue weighted by Crippen LogP contribution is -2.46. The summed E-state index contributed by atoms with van der Waals surface area (Å²) in [4.78, 5) is 4.37. The highest BCUT2D eigenvalue weighted by atomic mass is 127. The lowest BCUT2D eigenvalue weighted by Gasteiger charge is -2.43. The Morgan fingerprint density at radius 2 is 1.75 bits per heavy atom. The number of aliphatic imine (C=N–C) groups is 1. The lowest BCUT2D eigenvalue weighted by molar-refractivity contribution is 0.104. The number of nitrogens with zero attached hydrogens (tertiary/aromatic N) is 1. The van der Waals surface area contributed by atoms with Crippen LogP contribution in [0.1, 0.15) is 45.1 Å². The van der Waals surface area contributed by atoms with E-state index in [0.29, 0.717) is 29.2 Å². The molecular weight excluding hydrogens is 469 g/mol. The Hall–Kier alpha value is -1.38. The second-order valence-corrected chi connectivity index (χ2v) is 7.72. The highest BCUT2D eigenvalue weighted by molar-refractivity contribution is 14.0. The number of hydrogen-bond acceptors (Lipinski definition) is 4. The van der Waals surface area contributed by atoms with Crippen molar-refractivity contribution in [3.63, 3.8) is 0 Å². The fourth-order valence-corrected chi connectivity index (χ4v) is 3.97. The first kappa shape index (κ1) is 24.7. The molecule has 7 heteroatoms. The van der Waals surface area contributed by atoms with E-state index in [2.05, 4.69) is 29.5 Å². The molecule has 1 saturated carbocycles. The van der Waals surface area contributed by atoms with Crippen LogP contribution >= 0.6 is 24.0 Å². The van der Waals surface area contributed by atoms with Crippen molar-refractivity contribution in [1.82, 2.24) is 10.6 Å². The van der Waals surface area contributed by atoms with Gasteiger partial charge < -0.3 is 24.8 Å². The van der Waals surface area contributed by atoms with Gasteiger partial charge in [-0.25, -0.2) is 0 Å². The number of rotatable bonds is 9. The van der Waals surface area contributed by atoms with Crippen molar-refractivity contribution < 1.29 is 14.2 Å². The molecule has 0 spiro atoms. The Kier molecular flexibility index (Phi) is 10.2. The van der Waals surface area contributed by atoms with Gasteiger partial charge in [-0.15, -0.1) is 24.0 Å². The molecule has 160 valence electrons. The van der Waals surface area contributed by atoms with E-state index in [9.17, 15) is 0 Å². The van der Waals surface area contributed by atoms with Crippen molar-refractivity contribution >= 4 is 29.9 Å². The van der Waals surface area contributed by atoms with Crippen LogP contribution in [0.5, 0.6) is 17.2 Å². The third kappa shape index (κ3) is 6.06. The smallest absolute Gasteiger partial charge is 0.203 e. The van der Waals surface area contributed by atoms with Gasteiger partial charge in [0.05, 0.1) is 21.3 Å². The molecule has 28 heavy (non-hydrogen) atoms. The van der Waals surface area contributed by atoms with Gasteiger partial charge in [0.2, 0.25) is 5.75 Å². The largest absolute Gasteiger partial charge is 0.493 e. The predicted molar refractivity (Wildman–Crippen MR) is 125 cm³/mol. The third-order valence-corrected chi connectivity index (χ3v) is 5.34. The summed E-state index contributed by atoms with van der Waals surface area (Å²) < 4.78 is 16.4. The van der Waals surface area contributed by atoms with Gasteiger partial charge in [0.25, 0.3) is 0 Å². The molecule has 0 unspecified atom stereocenters.